The van der Waals surface area contributed by atoms with Gasteiger partial charge in [-0.15, -0.1) is 0 Å². The second kappa shape index (κ2) is 6.95. The molecule has 0 spiro atoms. The predicted molar refractivity (Wildman–Crippen MR) is 72.1 cm³/mol. The Morgan fingerprint density at radius 3 is 2.26 bits per heavy atom. The molecule has 102 valence electrons. The molecule has 0 fully saturated rings. The van der Waals surface area contributed by atoms with Crippen LogP contribution in [0.1, 0.15) is 24.2 Å². The van der Waals surface area contributed by atoms with Crippen molar-refractivity contribution in [3.8, 4) is 0 Å². The second-order valence-corrected chi connectivity index (χ2v) is 4.15. The van der Waals surface area contributed by atoms with Gasteiger partial charge in [-0.3, -0.25) is 4.79 Å². The van der Waals surface area contributed by atoms with E-state index < -0.39 is 5.97 Å². The van der Waals surface area contributed by atoms with E-state index in [1.807, 2.05) is 0 Å². The predicted octanol–water partition coefficient (Wildman–Crippen LogP) is 3.01. The molecular weight excluding hydrogens is 268 g/mol. The molecule has 1 aromatic carbocycles. The van der Waals surface area contributed by atoms with Gasteiger partial charge in [0, 0.05) is 16.2 Å². The van der Waals surface area contributed by atoms with Gasteiger partial charge in [0.25, 0.3) is 0 Å². The van der Waals surface area contributed by atoms with E-state index in [9.17, 15) is 9.59 Å². The number of ketones is 1. The van der Waals surface area contributed by atoms with Crippen LogP contribution >= 0.6 is 11.6 Å². The van der Waals surface area contributed by atoms with Crippen LogP contribution in [0.3, 0.4) is 0 Å². The van der Waals surface area contributed by atoms with Gasteiger partial charge in [-0.25, -0.2) is 4.79 Å². The van der Waals surface area contributed by atoms with E-state index in [-0.39, 0.29) is 23.7 Å². The summed E-state index contributed by atoms with van der Waals surface area (Å²) in [4.78, 5) is 23.8. The average molecular weight is 283 g/mol. The average Bonchev–Trinajstić information content (AvgIpc) is 2.39. The molecule has 0 unspecified atom stereocenters. The van der Waals surface area contributed by atoms with E-state index in [0.717, 1.165) is 0 Å². The molecule has 0 saturated heterocycles. The summed E-state index contributed by atoms with van der Waals surface area (Å²) in [5.74, 6) is -1.03. The summed E-state index contributed by atoms with van der Waals surface area (Å²) in [6, 6.07) is 6.40. The largest absolute Gasteiger partial charge is 0.490 e. The molecule has 0 aliphatic heterocycles. The number of methoxy groups -OCH3 is 1. The smallest absolute Gasteiger partial charge is 0.374 e. The van der Waals surface area contributed by atoms with E-state index in [0.29, 0.717) is 10.6 Å². The third-order valence-corrected chi connectivity index (χ3v) is 2.70. The number of hydrogen-bond donors (Lipinski definition) is 0. The Hall–Kier alpha value is -1.81. The van der Waals surface area contributed by atoms with Crippen molar-refractivity contribution in [3.63, 3.8) is 0 Å². The first-order valence-electron chi connectivity index (χ1n) is 5.73. The summed E-state index contributed by atoms with van der Waals surface area (Å²) in [5, 5.41) is 0.538. The molecule has 0 bridgehead atoms. The number of rotatable bonds is 5. The summed E-state index contributed by atoms with van der Waals surface area (Å²) in [7, 11) is 1.32. The van der Waals surface area contributed by atoms with E-state index in [1.165, 1.54) is 14.0 Å². The highest BCUT2D eigenvalue weighted by Gasteiger charge is 2.20. The zero-order valence-corrected chi connectivity index (χ0v) is 11.8. The number of esters is 1. The highest BCUT2D eigenvalue weighted by Crippen LogP contribution is 2.16. The normalized spacial score (nSPS) is 11.6. The minimum atomic E-state index is -0.648. The van der Waals surface area contributed by atoms with E-state index in [1.54, 1.807) is 31.2 Å². The Balaban J connectivity index is 3.07. The first-order chi connectivity index (χ1) is 9.01. The highest BCUT2D eigenvalue weighted by molar-refractivity contribution is 6.30. The van der Waals surface area contributed by atoms with Crippen LogP contribution in [0.2, 0.25) is 5.02 Å². The Labute approximate surface area is 117 Å². The van der Waals surface area contributed by atoms with Crippen LogP contribution in [0.15, 0.2) is 35.6 Å². The zero-order valence-electron chi connectivity index (χ0n) is 11.0. The Bertz CT molecular complexity index is 503. The van der Waals surface area contributed by atoms with Crippen LogP contribution < -0.4 is 0 Å². The summed E-state index contributed by atoms with van der Waals surface area (Å²) < 4.78 is 9.78. The van der Waals surface area contributed by atoms with Gasteiger partial charge < -0.3 is 9.47 Å². The molecule has 0 radical (unpaired) electrons. The van der Waals surface area contributed by atoms with Crippen molar-refractivity contribution < 1.29 is 19.1 Å². The summed E-state index contributed by atoms with van der Waals surface area (Å²) in [5.41, 5.74) is 0.629. The number of halogens is 1. The van der Waals surface area contributed by atoms with Gasteiger partial charge in [0.05, 0.1) is 13.7 Å². The molecule has 0 amide bonds. The highest BCUT2D eigenvalue weighted by atomic mass is 35.5. The second-order valence-electron chi connectivity index (χ2n) is 3.71. The molecule has 0 aromatic heterocycles. The first-order valence-corrected chi connectivity index (χ1v) is 6.11. The lowest BCUT2D eigenvalue weighted by Crippen LogP contribution is -2.15. The molecule has 0 saturated carbocycles. The zero-order chi connectivity index (χ0) is 14.4. The molecule has 1 aromatic rings. The number of ether oxygens (including phenoxy) is 2. The van der Waals surface area contributed by atoms with Crippen molar-refractivity contribution in [2.45, 2.75) is 13.8 Å². The number of hydrogen-bond acceptors (Lipinski definition) is 4. The van der Waals surface area contributed by atoms with Crippen molar-refractivity contribution in [3.05, 3.63) is 46.2 Å². The monoisotopic (exact) mass is 282 g/mol. The molecule has 0 N–H and O–H groups in total. The lowest BCUT2D eigenvalue weighted by atomic mass is 10.0. The maximum atomic E-state index is 12.2. The minimum Gasteiger partial charge on any atom is -0.490 e. The SMILES string of the molecule is CCOC(=O)/C(OC)=C(\C)C(=O)c1ccc(Cl)cc1. The fourth-order valence-electron chi connectivity index (χ4n) is 1.51. The van der Waals surface area contributed by atoms with Crippen molar-refractivity contribution in [2.24, 2.45) is 0 Å². The van der Waals surface area contributed by atoms with Crippen LogP contribution in [-0.4, -0.2) is 25.5 Å². The van der Waals surface area contributed by atoms with Crippen LogP contribution in [0.25, 0.3) is 0 Å². The fraction of sp³-hybridized carbons (Fsp3) is 0.286. The van der Waals surface area contributed by atoms with Gasteiger partial charge in [0.15, 0.2) is 5.78 Å². The molecule has 4 nitrogen and oxygen atoms in total. The lowest BCUT2D eigenvalue weighted by molar-refractivity contribution is -0.142. The maximum absolute atomic E-state index is 12.2. The fourth-order valence-corrected chi connectivity index (χ4v) is 1.63. The van der Waals surface area contributed by atoms with Crippen molar-refractivity contribution >= 4 is 23.4 Å². The summed E-state index contributed by atoms with van der Waals surface area (Å²) in [6.45, 7) is 3.42. The van der Waals surface area contributed by atoms with Gasteiger partial charge in [-0.05, 0) is 38.1 Å². The molecule has 5 heteroatoms. The van der Waals surface area contributed by atoms with E-state index in [4.69, 9.17) is 21.1 Å². The van der Waals surface area contributed by atoms with Crippen LogP contribution in [0, 0.1) is 0 Å². The third kappa shape index (κ3) is 3.83. The van der Waals surface area contributed by atoms with Crippen LogP contribution in [0.4, 0.5) is 0 Å². The molecular formula is C14H15ClO4. The van der Waals surface area contributed by atoms with Gasteiger partial charge >= 0.3 is 5.97 Å². The van der Waals surface area contributed by atoms with E-state index in [2.05, 4.69) is 0 Å². The molecule has 1 rings (SSSR count). The number of allylic oxidation sites excluding steroid dienone is 1. The topological polar surface area (TPSA) is 52.6 Å². The lowest BCUT2D eigenvalue weighted by Gasteiger charge is -2.09. The van der Waals surface area contributed by atoms with Gasteiger partial charge in [-0.2, -0.15) is 0 Å². The van der Waals surface area contributed by atoms with Gasteiger partial charge in [-0.1, -0.05) is 11.6 Å². The Morgan fingerprint density at radius 1 is 1.21 bits per heavy atom. The molecule has 0 atom stereocenters. The molecule has 19 heavy (non-hydrogen) atoms. The van der Waals surface area contributed by atoms with Gasteiger partial charge in [0.1, 0.15) is 0 Å². The Kier molecular flexibility index (Phi) is 5.57. The Morgan fingerprint density at radius 2 is 1.79 bits per heavy atom. The number of carbonyl (C=O) groups excluding carboxylic acids is 2. The molecule has 0 heterocycles. The first kappa shape index (κ1) is 15.2. The standard InChI is InChI=1S/C14H15ClO4/c1-4-19-14(17)13(18-3)9(2)12(16)10-5-7-11(15)8-6-10/h5-8H,4H2,1-3H3/b13-9-. The van der Waals surface area contributed by atoms with Crippen molar-refractivity contribution in [1.82, 2.24) is 0 Å². The van der Waals surface area contributed by atoms with Gasteiger partial charge in [0.2, 0.25) is 5.76 Å². The molecule has 0 aliphatic rings. The summed E-state index contributed by atoms with van der Waals surface area (Å²) in [6.07, 6.45) is 0. The van der Waals surface area contributed by atoms with Crippen molar-refractivity contribution in [1.29, 1.82) is 0 Å². The summed E-state index contributed by atoms with van der Waals surface area (Å²) >= 11 is 5.76. The minimum absolute atomic E-state index is 0.0817. The van der Waals surface area contributed by atoms with E-state index >= 15 is 0 Å². The van der Waals surface area contributed by atoms with Crippen molar-refractivity contribution in [2.75, 3.05) is 13.7 Å². The quantitative estimate of drug-likeness (QED) is 0.360. The molecule has 0 aliphatic carbocycles. The van der Waals surface area contributed by atoms with Crippen LogP contribution in [-0.2, 0) is 14.3 Å². The van der Waals surface area contributed by atoms with Crippen LogP contribution in [0.5, 0.6) is 0 Å². The number of benzene rings is 1. The maximum Gasteiger partial charge on any atom is 0.374 e. The number of carbonyl (C=O) groups is 2. The number of Topliss-reactive ketones (excluding diaryl/α,β-unsaturated/α-hetero) is 1. The third-order valence-electron chi connectivity index (χ3n) is 2.45.